The fourth-order valence-corrected chi connectivity index (χ4v) is 4.43. The lowest BCUT2D eigenvalue weighted by Crippen LogP contribution is -2.49. The lowest BCUT2D eigenvalue weighted by molar-refractivity contribution is -0.385. The van der Waals surface area contributed by atoms with Crippen LogP contribution in [0.1, 0.15) is 36.5 Å². The number of aldehydes is 1. The van der Waals surface area contributed by atoms with Crippen LogP contribution >= 0.6 is 0 Å². The minimum atomic E-state index is -1.57. The van der Waals surface area contributed by atoms with Crippen LogP contribution < -0.4 is 5.32 Å². The number of ether oxygens (including phenoxy) is 1. The number of hydrogen-bond donors (Lipinski definition) is 1. The van der Waals surface area contributed by atoms with Gasteiger partial charge in [-0.25, -0.2) is 9.18 Å². The summed E-state index contributed by atoms with van der Waals surface area (Å²) < 4.78 is 20.3. The van der Waals surface area contributed by atoms with Crippen molar-refractivity contribution in [3.63, 3.8) is 0 Å². The molecule has 2 atom stereocenters. The van der Waals surface area contributed by atoms with E-state index in [0.717, 1.165) is 40.5 Å². The van der Waals surface area contributed by atoms with E-state index in [1.165, 1.54) is 13.8 Å². The van der Waals surface area contributed by atoms with Gasteiger partial charge in [0.05, 0.1) is 10.5 Å². The fraction of sp³-hybridized carbons (Fsp3) is 0.231. The van der Waals surface area contributed by atoms with Gasteiger partial charge in [-0.15, -0.1) is 0 Å². The highest BCUT2D eigenvalue weighted by atomic mass is 19.1. The first-order valence-corrected chi connectivity index (χ1v) is 10.8. The van der Waals surface area contributed by atoms with Crippen molar-refractivity contribution in [3.05, 3.63) is 99.4 Å². The lowest BCUT2D eigenvalue weighted by Gasteiger charge is -2.34. The van der Waals surface area contributed by atoms with Crippen LogP contribution in [0.2, 0.25) is 0 Å². The standard InChI is InChI=1S/C26H23FN2O5/c1-16(14-30)26(2,23-13-17(29(32)33)11-12-24(23)27)28-25(31)34-15-22-20-9-5-3-7-18(20)19-8-4-6-10-21(19)22/h3-14,16,22H,15H2,1-2H3,(H,28,31)/t16?,26-/m0/s1. The average molecular weight is 462 g/mol. The number of fused-ring (bicyclic) bond motifs is 3. The fourth-order valence-electron chi connectivity index (χ4n) is 4.43. The summed E-state index contributed by atoms with van der Waals surface area (Å²) in [5, 5.41) is 13.8. The molecule has 0 fully saturated rings. The number of hydrogen-bond acceptors (Lipinski definition) is 5. The van der Waals surface area contributed by atoms with E-state index < -0.39 is 28.3 Å². The summed E-state index contributed by atoms with van der Waals surface area (Å²) in [7, 11) is 0. The number of nitrogens with zero attached hydrogens (tertiary/aromatic N) is 1. The van der Waals surface area contributed by atoms with Crippen molar-refractivity contribution in [1.29, 1.82) is 0 Å². The van der Waals surface area contributed by atoms with Gasteiger partial charge in [0.15, 0.2) is 0 Å². The molecule has 0 bridgehead atoms. The number of halogens is 1. The molecule has 34 heavy (non-hydrogen) atoms. The summed E-state index contributed by atoms with van der Waals surface area (Å²) in [6.45, 7) is 2.97. The number of non-ortho nitro benzene ring substituents is 1. The molecular weight excluding hydrogens is 439 g/mol. The third-order valence-corrected chi connectivity index (χ3v) is 6.54. The largest absolute Gasteiger partial charge is 0.449 e. The molecule has 1 amide bonds. The molecule has 1 unspecified atom stereocenters. The zero-order valence-corrected chi connectivity index (χ0v) is 18.7. The van der Waals surface area contributed by atoms with E-state index in [9.17, 15) is 24.1 Å². The van der Waals surface area contributed by atoms with Gasteiger partial charge in [0.1, 0.15) is 18.7 Å². The molecule has 8 heteroatoms. The van der Waals surface area contributed by atoms with Crippen molar-refractivity contribution >= 4 is 18.1 Å². The van der Waals surface area contributed by atoms with Crippen LogP contribution in [0.25, 0.3) is 11.1 Å². The van der Waals surface area contributed by atoms with E-state index in [1.807, 2.05) is 48.5 Å². The van der Waals surface area contributed by atoms with Crippen LogP contribution in [0.15, 0.2) is 66.7 Å². The van der Waals surface area contributed by atoms with Crippen LogP contribution in [0, 0.1) is 21.8 Å². The molecule has 1 aliphatic carbocycles. The van der Waals surface area contributed by atoms with Gasteiger partial charge in [-0.3, -0.25) is 10.1 Å². The van der Waals surface area contributed by atoms with Crippen LogP contribution in [-0.2, 0) is 15.1 Å². The molecule has 3 aromatic rings. The van der Waals surface area contributed by atoms with Crippen LogP contribution in [0.3, 0.4) is 0 Å². The summed E-state index contributed by atoms with van der Waals surface area (Å²) in [4.78, 5) is 35.0. The van der Waals surface area contributed by atoms with Crippen molar-refractivity contribution in [2.45, 2.75) is 25.3 Å². The predicted octanol–water partition coefficient (Wildman–Crippen LogP) is 5.32. The Morgan fingerprint density at radius 1 is 1.15 bits per heavy atom. The molecule has 0 aromatic heterocycles. The second-order valence-electron chi connectivity index (χ2n) is 8.50. The first-order chi connectivity index (χ1) is 16.3. The first kappa shape index (κ1) is 23.1. The Bertz CT molecular complexity index is 1230. The molecule has 0 saturated carbocycles. The number of amides is 1. The maximum Gasteiger partial charge on any atom is 0.407 e. The van der Waals surface area contributed by atoms with Gasteiger partial charge in [-0.1, -0.05) is 55.5 Å². The van der Waals surface area contributed by atoms with Crippen molar-refractivity contribution < 1.29 is 23.6 Å². The number of benzene rings is 3. The minimum Gasteiger partial charge on any atom is -0.449 e. The molecule has 0 spiro atoms. The number of rotatable bonds is 7. The van der Waals surface area contributed by atoms with Gasteiger partial charge < -0.3 is 14.8 Å². The molecule has 0 aliphatic heterocycles. The monoisotopic (exact) mass is 462 g/mol. The quantitative estimate of drug-likeness (QED) is 0.291. The maximum atomic E-state index is 14.7. The van der Waals surface area contributed by atoms with Crippen LogP contribution in [-0.4, -0.2) is 23.9 Å². The Balaban J connectivity index is 1.58. The van der Waals surface area contributed by atoms with Crippen molar-refractivity contribution in [3.8, 4) is 11.1 Å². The molecule has 7 nitrogen and oxygen atoms in total. The van der Waals surface area contributed by atoms with E-state index in [0.29, 0.717) is 6.29 Å². The zero-order chi connectivity index (χ0) is 24.5. The highest BCUT2D eigenvalue weighted by molar-refractivity contribution is 5.79. The number of nitro groups is 1. The van der Waals surface area contributed by atoms with Gasteiger partial charge in [-0.2, -0.15) is 0 Å². The highest BCUT2D eigenvalue weighted by Gasteiger charge is 2.39. The maximum absolute atomic E-state index is 14.7. The Labute approximate surface area is 195 Å². The van der Waals surface area contributed by atoms with E-state index in [4.69, 9.17) is 4.74 Å². The first-order valence-electron chi connectivity index (χ1n) is 10.8. The van der Waals surface area contributed by atoms with Gasteiger partial charge >= 0.3 is 6.09 Å². The Morgan fingerprint density at radius 2 is 1.74 bits per heavy atom. The molecule has 3 aromatic carbocycles. The normalized spacial score (nSPS) is 14.9. The third-order valence-electron chi connectivity index (χ3n) is 6.54. The Morgan fingerprint density at radius 3 is 2.29 bits per heavy atom. The van der Waals surface area contributed by atoms with Gasteiger partial charge in [0, 0.05) is 29.5 Å². The Hall–Kier alpha value is -4.07. The summed E-state index contributed by atoms with van der Waals surface area (Å²) in [6.07, 6.45) is -0.300. The van der Waals surface area contributed by atoms with E-state index in [1.54, 1.807) is 0 Å². The molecule has 0 saturated heterocycles. The summed E-state index contributed by atoms with van der Waals surface area (Å²) >= 11 is 0. The Kier molecular flexibility index (Phi) is 6.15. The molecular formula is C26H23FN2O5. The second kappa shape index (κ2) is 9.05. The topological polar surface area (TPSA) is 98.5 Å². The predicted molar refractivity (Wildman–Crippen MR) is 124 cm³/mol. The number of carbonyl (C=O) groups is 2. The highest BCUT2D eigenvalue weighted by Crippen LogP contribution is 2.44. The molecule has 1 N–H and O–H groups in total. The van der Waals surface area contributed by atoms with Crippen molar-refractivity contribution in [2.75, 3.05) is 6.61 Å². The molecule has 0 radical (unpaired) electrons. The van der Waals surface area contributed by atoms with Gasteiger partial charge in [-0.05, 0) is 35.2 Å². The summed E-state index contributed by atoms with van der Waals surface area (Å²) in [6, 6.07) is 18.7. The number of nitrogens with one attached hydrogen (secondary N) is 1. The third kappa shape index (κ3) is 4.03. The summed E-state index contributed by atoms with van der Waals surface area (Å²) in [5.41, 5.74) is 2.12. The molecule has 174 valence electrons. The van der Waals surface area contributed by atoms with E-state index in [-0.39, 0.29) is 23.8 Å². The van der Waals surface area contributed by atoms with E-state index in [2.05, 4.69) is 5.32 Å². The number of carbonyl (C=O) groups excluding carboxylic acids is 2. The zero-order valence-electron chi connectivity index (χ0n) is 18.7. The number of nitro benzene ring substituents is 1. The minimum absolute atomic E-state index is 0.0306. The average Bonchev–Trinajstić information content (AvgIpc) is 3.16. The lowest BCUT2D eigenvalue weighted by atomic mass is 9.81. The van der Waals surface area contributed by atoms with Crippen molar-refractivity contribution in [1.82, 2.24) is 5.32 Å². The summed E-state index contributed by atoms with van der Waals surface area (Å²) in [5.74, 6) is -1.85. The SMILES string of the molecule is CC(C=O)[C@](C)(NC(=O)OCC1c2ccccc2-c2ccccc21)c1cc([N+](=O)[O-])ccc1F. The van der Waals surface area contributed by atoms with Gasteiger partial charge in [0.25, 0.3) is 5.69 Å². The molecule has 0 heterocycles. The van der Waals surface area contributed by atoms with Gasteiger partial charge in [0.2, 0.25) is 0 Å². The van der Waals surface area contributed by atoms with Crippen LogP contribution in [0.4, 0.5) is 14.9 Å². The molecule has 4 rings (SSSR count). The van der Waals surface area contributed by atoms with E-state index >= 15 is 0 Å². The smallest absolute Gasteiger partial charge is 0.407 e. The number of alkyl carbamates (subject to hydrolysis) is 1. The molecule has 1 aliphatic rings. The van der Waals surface area contributed by atoms with Crippen LogP contribution in [0.5, 0.6) is 0 Å². The van der Waals surface area contributed by atoms with Crippen molar-refractivity contribution in [2.24, 2.45) is 5.92 Å². The second-order valence-corrected chi connectivity index (χ2v) is 8.50.